The second kappa shape index (κ2) is 6.53. The van der Waals surface area contributed by atoms with Crippen LogP contribution in [-0.2, 0) is 21.3 Å². The molecule has 2 N–H and O–H groups in total. The summed E-state index contributed by atoms with van der Waals surface area (Å²) in [6.45, 7) is 7.32. The van der Waals surface area contributed by atoms with Gasteiger partial charge in [-0.2, -0.15) is 0 Å². The Morgan fingerprint density at radius 3 is 2.85 bits per heavy atom. The predicted molar refractivity (Wildman–Crippen MR) is 80.4 cm³/mol. The van der Waals surface area contributed by atoms with Gasteiger partial charge in [-0.1, -0.05) is 13.8 Å². The lowest BCUT2D eigenvalue weighted by Crippen LogP contribution is -2.38. The third-order valence-electron chi connectivity index (χ3n) is 3.29. The molecule has 20 heavy (non-hydrogen) atoms. The smallest absolute Gasteiger partial charge is 0.250 e. The van der Waals surface area contributed by atoms with Crippen molar-refractivity contribution in [3.8, 4) is 0 Å². The Morgan fingerprint density at radius 2 is 2.25 bits per heavy atom. The van der Waals surface area contributed by atoms with Gasteiger partial charge in [-0.05, 0) is 30.4 Å². The third-order valence-corrected chi connectivity index (χ3v) is 6.27. The molecule has 2 unspecified atom stereocenters. The lowest BCUT2D eigenvalue weighted by molar-refractivity contribution is 0.117. The normalized spacial score (nSPS) is 23.6. The Kier molecular flexibility index (Phi) is 5.19. The standard InChI is InChI=1S/C13H22N2O3S2/c1-9(2)14-7-11-6-13(19-8-11)20(16,17)15-12-4-5-18-10(12)3/h6,8-10,12,14-15H,4-5,7H2,1-3H3. The van der Waals surface area contributed by atoms with E-state index in [2.05, 4.69) is 23.9 Å². The molecule has 0 radical (unpaired) electrons. The summed E-state index contributed by atoms with van der Waals surface area (Å²) >= 11 is 1.26. The Bertz CT molecular complexity index is 540. The molecule has 1 aromatic heterocycles. The van der Waals surface area contributed by atoms with Gasteiger partial charge in [0.2, 0.25) is 10.0 Å². The fourth-order valence-electron chi connectivity index (χ4n) is 2.05. The quantitative estimate of drug-likeness (QED) is 0.838. The molecule has 0 aromatic carbocycles. The molecule has 1 aliphatic heterocycles. The molecule has 0 bridgehead atoms. The number of rotatable bonds is 6. The zero-order valence-corrected chi connectivity index (χ0v) is 13.7. The molecule has 0 aliphatic carbocycles. The number of hydrogen-bond donors (Lipinski definition) is 2. The lowest BCUT2D eigenvalue weighted by atomic mass is 10.2. The van der Waals surface area contributed by atoms with Crippen LogP contribution in [0, 0.1) is 0 Å². The summed E-state index contributed by atoms with van der Waals surface area (Å²) in [5.41, 5.74) is 1.000. The number of ether oxygens (including phenoxy) is 1. The second-order valence-electron chi connectivity index (χ2n) is 5.40. The summed E-state index contributed by atoms with van der Waals surface area (Å²) in [6, 6.07) is 1.99. The topological polar surface area (TPSA) is 67.4 Å². The third kappa shape index (κ3) is 4.02. The molecule has 1 saturated heterocycles. The van der Waals surface area contributed by atoms with Crippen molar-refractivity contribution in [1.82, 2.24) is 10.0 Å². The predicted octanol–water partition coefficient (Wildman–Crippen LogP) is 1.70. The Morgan fingerprint density at radius 1 is 1.50 bits per heavy atom. The molecule has 0 spiro atoms. The van der Waals surface area contributed by atoms with Crippen LogP contribution in [0.1, 0.15) is 32.8 Å². The highest BCUT2D eigenvalue weighted by Crippen LogP contribution is 2.22. The van der Waals surface area contributed by atoms with Crippen LogP contribution in [0.15, 0.2) is 15.7 Å². The van der Waals surface area contributed by atoms with Crippen LogP contribution in [0.5, 0.6) is 0 Å². The fraction of sp³-hybridized carbons (Fsp3) is 0.692. The Labute approximate surface area is 124 Å². The number of hydrogen-bond acceptors (Lipinski definition) is 5. The van der Waals surface area contributed by atoms with E-state index in [0.29, 0.717) is 23.4 Å². The zero-order chi connectivity index (χ0) is 14.8. The van der Waals surface area contributed by atoms with E-state index in [1.807, 2.05) is 12.3 Å². The van der Waals surface area contributed by atoms with Crippen molar-refractivity contribution in [1.29, 1.82) is 0 Å². The highest BCUT2D eigenvalue weighted by molar-refractivity contribution is 7.91. The zero-order valence-electron chi connectivity index (χ0n) is 12.0. The maximum atomic E-state index is 12.3. The van der Waals surface area contributed by atoms with Crippen LogP contribution in [-0.4, -0.2) is 33.2 Å². The highest BCUT2D eigenvalue weighted by atomic mass is 32.2. The van der Waals surface area contributed by atoms with Gasteiger partial charge in [-0.3, -0.25) is 0 Å². The minimum absolute atomic E-state index is 0.0631. The van der Waals surface area contributed by atoms with Crippen molar-refractivity contribution >= 4 is 21.4 Å². The monoisotopic (exact) mass is 318 g/mol. The maximum Gasteiger partial charge on any atom is 0.250 e. The van der Waals surface area contributed by atoms with Crippen LogP contribution >= 0.6 is 11.3 Å². The summed E-state index contributed by atoms with van der Waals surface area (Å²) in [5, 5.41) is 5.17. The molecule has 5 nitrogen and oxygen atoms in total. The molecule has 2 rings (SSSR count). The molecular formula is C13H22N2O3S2. The van der Waals surface area contributed by atoms with Gasteiger partial charge >= 0.3 is 0 Å². The van der Waals surface area contributed by atoms with Crippen molar-refractivity contribution in [2.24, 2.45) is 0 Å². The first-order valence-electron chi connectivity index (χ1n) is 6.83. The molecule has 2 heterocycles. The van der Waals surface area contributed by atoms with Gasteiger partial charge in [-0.15, -0.1) is 11.3 Å². The van der Waals surface area contributed by atoms with Gasteiger partial charge in [0.15, 0.2) is 0 Å². The fourth-order valence-corrected chi connectivity index (χ4v) is 4.62. The van der Waals surface area contributed by atoms with Crippen LogP contribution in [0.2, 0.25) is 0 Å². The molecule has 1 aliphatic rings. The van der Waals surface area contributed by atoms with Crippen molar-refractivity contribution in [2.45, 2.75) is 56.1 Å². The SMILES string of the molecule is CC(C)NCc1csc(S(=O)(=O)NC2CCOC2C)c1. The van der Waals surface area contributed by atoms with Crippen molar-refractivity contribution in [2.75, 3.05) is 6.61 Å². The largest absolute Gasteiger partial charge is 0.377 e. The minimum Gasteiger partial charge on any atom is -0.377 e. The average Bonchev–Trinajstić information content (AvgIpc) is 2.97. The second-order valence-corrected chi connectivity index (χ2v) is 8.25. The van der Waals surface area contributed by atoms with Gasteiger partial charge in [0, 0.05) is 19.2 Å². The number of thiophene rings is 1. The first-order valence-corrected chi connectivity index (χ1v) is 9.19. The van der Waals surface area contributed by atoms with Gasteiger partial charge in [0.1, 0.15) is 4.21 Å². The van der Waals surface area contributed by atoms with E-state index >= 15 is 0 Å². The maximum absolute atomic E-state index is 12.3. The summed E-state index contributed by atoms with van der Waals surface area (Å²) in [6.07, 6.45) is 0.667. The number of sulfonamides is 1. The van der Waals surface area contributed by atoms with E-state index < -0.39 is 10.0 Å². The Balaban J connectivity index is 2.02. The van der Waals surface area contributed by atoms with Crippen LogP contribution < -0.4 is 10.0 Å². The van der Waals surface area contributed by atoms with Crippen molar-refractivity contribution in [3.05, 3.63) is 17.0 Å². The van der Waals surface area contributed by atoms with E-state index in [4.69, 9.17) is 4.74 Å². The van der Waals surface area contributed by atoms with Gasteiger partial charge in [-0.25, -0.2) is 13.1 Å². The first-order chi connectivity index (χ1) is 9.38. The molecule has 1 aromatic rings. The van der Waals surface area contributed by atoms with Gasteiger partial charge in [0.05, 0.1) is 12.1 Å². The molecule has 0 saturated carbocycles. The van der Waals surface area contributed by atoms with E-state index in [0.717, 1.165) is 12.0 Å². The molecule has 114 valence electrons. The molecule has 1 fully saturated rings. The Hall–Kier alpha value is -0.470. The summed E-state index contributed by atoms with van der Waals surface area (Å²) in [5.74, 6) is 0. The van der Waals surface area contributed by atoms with Gasteiger partial charge in [0.25, 0.3) is 0 Å². The minimum atomic E-state index is -3.43. The summed E-state index contributed by atoms with van der Waals surface area (Å²) < 4.78 is 33.1. The lowest BCUT2D eigenvalue weighted by Gasteiger charge is -2.15. The highest BCUT2D eigenvalue weighted by Gasteiger charge is 2.29. The van der Waals surface area contributed by atoms with Crippen LogP contribution in [0.25, 0.3) is 0 Å². The van der Waals surface area contributed by atoms with Gasteiger partial charge < -0.3 is 10.1 Å². The number of nitrogens with one attached hydrogen (secondary N) is 2. The van der Waals surface area contributed by atoms with E-state index in [1.165, 1.54) is 11.3 Å². The molecule has 0 amide bonds. The van der Waals surface area contributed by atoms with Crippen LogP contribution in [0.3, 0.4) is 0 Å². The van der Waals surface area contributed by atoms with Crippen molar-refractivity contribution in [3.63, 3.8) is 0 Å². The summed E-state index contributed by atoms with van der Waals surface area (Å²) in [4.78, 5) is 0. The van der Waals surface area contributed by atoms with E-state index in [-0.39, 0.29) is 12.1 Å². The molecular weight excluding hydrogens is 296 g/mol. The molecule has 7 heteroatoms. The molecule has 2 atom stereocenters. The first kappa shape index (κ1) is 15.9. The average molecular weight is 318 g/mol. The summed E-state index contributed by atoms with van der Waals surface area (Å²) in [7, 11) is -3.43. The van der Waals surface area contributed by atoms with E-state index in [1.54, 1.807) is 6.07 Å². The van der Waals surface area contributed by atoms with E-state index in [9.17, 15) is 8.42 Å². The van der Waals surface area contributed by atoms with Crippen LogP contribution in [0.4, 0.5) is 0 Å². The van der Waals surface area contributed by atoms with Crippen molar-refractivity contribution < 1.29 is 13.2 Å².